The Labute approximate surface area is 119 Å². The fraction of sp³-hybridized carbons (Fsp3) is 0.571. The standard InChI is InChI=1S/C14H22N2O4/c1-10(16(5)13(18)20-14(2,3)4)12(17)15-9-11-7-6-8-19-11/h6-8,10H,9H2,1-5H3,(H,15,17)/t10-/m1/s1. The van der Waals surface area contributed by atoms with Gasteiger partial charge in [0.15, 0.2) is 0 Å². The lowest BCUT2D eigenvalue weighted by Gasteiger charge is -2.28. The van der Waals surface area contributed by atoms with Gasteiger partial charge in [0, 0.05) is 7.05 Å². The molecule has 0 unspecified atom stereocenters. The van der Waals surface area contributed by atoms with Gasteiger partial charge in [-0.1, -0.05) is 0 Å². The van der Waals surface area contributed by atoms with E-state index in [1.165, 1.54) is 18.2 Å². The summed E-state index contributed by atoms with van der Waals surface area (Å²) in [5.74, 6) is 0.389. The van der Waals surface area contributed by atoms with Crippen LogP contribution in [-0.4, -0.2) is 35.6 Å². The number of nitrogens with zero attached hydrogens (tertiary/aromatic N) is 1. The lowest BCUT2D eigenvalue weighted by atomic mass is 10.2. The predicted molar refractivity (Wildman–Crippen MR) is 74.0 cm³/mol. The SMILES string of the molecule is C[C@H](C(=O)NCc1ccco1)N(C)C(=O)OC(C)(C)C. The van der Waals surface area contributed by atoms with Crippen molar-refractivity contribution in [1.82, 2.24) is 10.2 Å². The van der Waals surface area contributed by atoms with E-state index >= 15 is 0 Å². The lowest BCUT2D eigenvalue weighted by molar-refractivity contribution is -0.125. The molecule has 0 aliphatic rings. The Morgan fingerprint density at radius 3 is 2.60 bits per heavy atom. The first kappa shape index (κ1) is 16.1. The van der Waals surface area contributed by atoms with Crippen LogP contribution in [-0.2, 0) is 16.1 Å². The summed E-state index contributed by atoms with van der Waals surface area (Å²) in [5, 5.41) is 2.70. The zero-order chi connectivity index (χ0) is 15.3. The molecule has 112 valence electrons. The molecule has 0 aromatic carbocycles. The number of ether oxygens (including phenoxy) is 1. The van der Waals surface area contributed by atoms with Crippen LogP contribution in [0.3, 0.4) is 0 Å². The Morgan fingerprint density at radius 2 is 2.10 bits per heavy atom. The highest BCUT2D eigenvalue weighted by molar-refractivity contribution is 5.85. The average Bonchev–Trinajstić information content (AvgIpc) is 2.85. The Hall–Kier alpha value is -1.98. The molecule has 2 amide bonds. The van der Waals surface area contributed by atoms with Crippen LogP contribution in [0.4, 0.5) is 4.79 Å². The molecule has 0 spiro atoms. The van der Waals surface area contributed by atoms with Crippen molar-refractivity contribution in [3.63, 3.8) is 0 Å². The summed E-state index contributed by atoms with van der Waals surface area (Å²) in [6.45, 7) is 7.26. The van der Waals surface area contributed by atoms with Crippen LogP contribution in [0, 0.1) is 0 Å². The Kier molecular flexibility index (Phi) is 5.19. The van der Waals surface area contributed by atoms with E-state index in [1.54, 1.807) is 39.8 Å². The second-order valence-electron chi connectivity index (χ2n) is 5.56. The van der Waals surface area contributed by atoms with Gasteiger partial charge in [0.1, 0.15) is 17.4 Å². The number of hydrogen-bond donors (Lipinski definition) is 1. The first-order chi connectivity index (χ1) is 9.20. The van der Waals surface area contributed by atoms with Crippen molar-refractivity contribution >= 4 is 12.0 Å². The Bertz CT molecular complexity index is 448. The quantitative estimate of drug-likeness (QED) is 0.918. The third-order valence-electron chi connectivity index (χ3n) is 2.66. The third kappa shape index (κ3) is 4.95. The maximum Gasteiger partial charge on any atom is 0.410 e. The molecule has 0 aliphatic carbocycles. The summed E-state index contributed by atoms with van der Waals surface area (Å²) in [6, 6.07) is 2.89. The molecule has 20 heavy (non-hydrogen) atoms. The monoisotopic (exact) mass is 282 g/mol. The normalized spacial score (nSPS) is 12.7. The first-order valence-corrected chi connectivity index (χ1v) is 6.46. The molecule has 1 N–H and O–H groups in total. The van der Waals surface area contributed by atoms with Gasteiger partial charge in [-0.15, -0.1) is 0 Å². The van der Waals surface area contributed by atoms with E-state index in [9.17, 15) is 9.59 Å². The lowest BCUT2D eigenvalue weighted by Crippen LogP contribution is -2.47. The van der Waals surface area contributed by atoms with Gasteiger partial charge in [-0.25, -0.2) is 4.79 Å². The topological polar surface area (TPSA) is 71.8 Å². The van der Waals surface area contributed by atoms with Gasteiger partial charge in [-0.3, -0.25) is 9.69 Å². The molecule has 1 atom stereocenters. The van der Waals surface area contributed by atoms with Crippen molar-refractivity contribution in [2.75, 3.05) is 7.05 Å². The minimum atomic E-state index is -0.625. The Balaban J connectivity index is 2.48. The van der Waals surface area contributed by atoms with Crippen molar-refractivity contribution in [1.29, 1.82) is 0 Å². The summed E-state index contributed by atoms with van der Waals surface area (Å²) in [5.41, 5.74) is -0.588. The van der Waals surface area contributed by atoms with Gasteiger partial charge in [-0.2, -0.15) is 0 Å². The van der Waals surface area contributed by atoms with Gasteiger partial charge in [0.2, 0.25) is 5.91 Å². The largest absolute Gasteiger partial charge is 0.467 e. The molecule has 1 aromatic heterocycles. The van der Waals surface area contributed by atoms with Crippen LogP contribution in [0.1, 0.15) is 33.5 Å². The molecule has 0 aliphatic heterocycles. The van der Waals surface area contributed by atoms with Crippen LogP contribution in [0.15, 0.2) is 22.8 Å². The molecule has 0 bridgehead atoms. The molecule has 0 fully saturated rings. The zero-order valence-corrected chi connectivity index (χ0v) is 12.6. The van der Waals surface area contributed by atoms with E-state index in [0.717, 1.165) is 0 Å². The van der Waals surface area contributed by atoms with Crippen LogP contribution in [0.25, 0.3) is 0 Å². The molecule has 1 aromatic rings. The van der Waals surface area contributed by atoms with E-state index < -0.39 is 17.7 Å². The van der Waals surface area contributed by atoms with Crippen LogP contribution in [0.2, 0.25) is 0 Å². The molecule has 0 saturated heterocycles. The Morgan fingerprint density at radius 1 is 1.45 bits per heavy atom. The smallest absolute Gasteiger partial charge is 0.410 e. The van der Waals surface area contributed by atoms with E-state index in [0.29, 0.717) is 12.3 Å². The molecule has 1 rings (SSSR count). The minimum Gasteiger partial charge on any atom is -0.467 e. The van der Waals surface area contributed by atoms with Gasteiger partial charge in [0.05, 0.1) is 12.8 Å². The second kappa shape index (κ2) is 6.45. The van der Waals surface area contributed by atoms with Gasteiger partial charge in [-0.05, 0) is 39.8 Å². The fourth-order valence-corrected chi connectivity index (χ4v) is 1.40. The first-order valence-electron chi connectivity index (χ1n) is 6.46. The maximum absolute atomic E-state index is 11.9. The summed E-state index contributed by atoms with van der Waals surface area (Å²) < 4.78 is 10.3. The second-order valence-corrected chi connectivity index (χ2v) is 5.56. The number of hydrogen-bond acceptors (Lipinski definition) is 4. The number of carbonyl (C=O) groups is 2. The van der Waals surface area contributed by atoms with Crippen molar-refractivity contribution in [2.24, 2.45) is 0 Å². The van der Waals surface area contributed by atoms with Crippen molar-refractivity contribution < 1.29 is 18.7 Å². The highest BCUT2D eigenvalue weighted by Crippen LogP contribution is 2.11. The molecular formula is C14H22N2O4. The maximum atomic E-state index is 11.9. The minimum absolute atomic E-state index is 0.269. The van der Waals surface area contributed by atoms with E-state index in [-0.39, 0.29) is 5.91 Å². The van der Waals surface area contributed by atoms with Crippen LogP contribution < -0.4 is 5.32 Å². The molecule has 1 heterocycles. The highest BCUT2D eigenvalue weighted by Gasteiger charge is 2.26. The summed E-state index contributed by atoms with van der Waals surface area (Å²) in [6.07, 6.45) is 1.01. The van der Waals surface area contributed by atoms with Crippen molar-refractivity contribution in [3.05, 3.63) is 24.2 Å². The highest BCUT2D eigenvalue weighted by atomic mass is 16.6. The van der Waals surface area contributed by atoms with E-state index in [1.807, 2.05) is 0 Å². The number of rotatable bonds is 4. The fourth-order valence-electron chi connectivity index (χ4n) is 1.40. The van der Waals surface area contributed by atoms with Crippen molar-refractivity contribution in [2.45, 2.75) is 45.9 Å². The van der Waals surface area contributed by atoms with Crippen molar-refractivity contribution in [3.8, 4) is 0 Å². The van der Waals surface area contributed by atoms with Gasteiger partial charge in [0.25, 0.3) is 0 Å². The molecule has 0 saturated carbocycles. The van der Waals surface area contributed by atoms with Crippen LogP contribution >= 0.6 is 0 Å². The van der Waals surface area contributed by atoms with Crippen LogP contribution in [0.5, 0.6) is 0 Å². The van der Waals surface area contributed by atoms with E-state index in [4.69, 9.17) is 9.15 Å². The van der Waals surface area contributed by atoms with E-state index in [2.05, 4.69) is 5.32 Å². The third-order valence-corrected chi connectivity index (χ3v) is 2.66. The summed E-state index contributed by atoms with van der Waals surface area (Å²) in [4.78, 5) is 25.1. The number of carbonyl (C=O) groups excluding carboxylic acids is 2. The summed E-state index contributed by atoms with van der Waals surface area (Å²) in [7, 11) is 1.53. The molecular weight excluding hydrogens is 260 g/mol. The molecule has 6 heteroatoms. The molecule has 6 nitrogen and oxygen atoms in total. The molecule has 0 radical (unpaired) electrons. The number of furan rings is 1. The number of amides is 2. The predicted octanol–water partition coefficient (Wildman–Crippen LogP) is 2.15. The van der Waals surface area contributed by atoms with Gasteiger partial charge >= 0.3 is 6.09 Å². The van der Waals surface area contributed by atoms with Gasteiger partial charge < -0.3 is 14.5 Å². The zero-order valence-electron chi connectivity index (χ0n) is 12.6. The number of likely N-dealkylation sites (N-methyl/N-ethyl adjacent to an activating group) is 1. The number of nitrogens with one attached hydrogen (secondary N) is 1. The average molecular weight is 282 g/mol. The summed E-state index contributed by atoms with van der Waals surface area (Å²) >= 11 is 0.